The molecule has 0 N–H and O–H groups in total. The van der Waals surface area contributed by atoms with Gasteiger partial charge in [0.1, 0.15) is 5.75 Å². The lowest BCUT2D eigenvalue weighted by Crippen LogP contribution is -2.35. The van der Waals surface area contributed by atoms with Gasteiger partial charge >= 0.3 is 0 Å². The number of hydrogen-bond donors (Lipinski definition) is 0. The van der Waals surface area contributed by atoms with Crippen LogP contribution in [0.2, 0.25) is 5.02 Å². The number of aryl methyl sites for hydroxylation is 1. The van der Waals surface area contributed by atoms with E-state index in [9.17, 15) is 4.79 Å². The number of nitrogens with zero attached hydrogens (tertiary/aromatic N) is 3. The summed E-state index contributed by atoms with van der Waals surface area (Å²) in [5.74, 6) is 0.504. The molecule has 3 rings (SSSR count). The molecule has 0 radical (unpaired) electrons. The lowest BCUT2D eigenvalue weighted by atomic mass is 10.1. The quantitative estimate of drug-likeness (QED) is 0.842. The molecule has 0 aliphatic carbocycles. The number of pyridine rings is 1. The van der Waals surface area contributed by atoms with Gasteiger partial charge in [-0.15, -0.1) is 0 Å². The van der Waals surface area contributed by atoms with Gasteiger partial charge in [0.05, 0.1) is 12.7 Å². The molecule has 1 amide bonds. The number of ether oxygens (including phenoxy) is 1. The monoisotopic (exact) mass is 359 g/mol. The van der Waals surface area contributed by atoms with Crippen LogP contribution in [0.3, 0.4) is 0 Å². The van der Waals surface area contributed by atoms with E-state index in [0.717, 1.165) is 37.4 Å². The van der Waals surface area contributed by atoms with Crippen LogP contribution in [0.15, 0.2) is 36.5 Å². The smallest absolute Gasteiger partial charge is 0.257 e. The average Bonchev–Trinajstić information content (AvgIpc) is 2.87. The zero-order valence-electron chi connectivity index (χ0n) is 14.5. The van der Waals surface area contributed by atoms with Crippen molar-refractivity contribution in [1.29, 1.82) is 0 Å². The van der Waals surface area contributed by atoms with Crippen molar-refractivity contribution in [3.05, 3.63) is 52.8 Å². The lowest BCUT2D eigenvalue weighted by Gasteiger charge is -2.24. The van der Waals surface area contributed by atoms with Crippen LogP contribution < -0.4 is 9.64 Å². The van der Waals surface area contributed by atoms with Crippen molar-refractivity contribution >= 4 is 23.2 Å². The number of carbonyl (C=O) groups is 1. The van der Waals surface area contributed by atoms with Crippen LogP contribution in [-0.4, -0.2) is 49.1 Å². The molecule has 1 fully saturated rings. The maximum Gasteiger partial charge on any atom is 0.257 e. The molecule has 0 unspecified atom stereocenters. The van der Waals surface area contributed by atoms with Gasteiger partial charge in [0, 0.05) is 48.8 Å². The highest BCUT2D eigenvalue weighted by Gasteiger charge is 2.23. The summed E-state index contributed by atoms with van der Waals surface area (Å²) < 4.78 is 5.32. The Morgan fingerprint density at radius 2 is 2.00 bits per heavy atom. The Hall–Kier alpha value is -2.27. The van der Waals surface area contributed by atoms with E-state index in [-0.39, 0.29) is 5.91 Å². The van der Waals surface area contributed by atoms with Crippen LogP contribution >= 0.6 is 11.6 Å². The first kappa shape index (κ1) is 17.5. The average molecular weight is 360 g/mol. The van der Waals surface area contributed by atoms with Crippen LogP contribution in [0.1, 0.15) is 22.5 Å². The Kier molecular flexibility index (Phi) is 5.43. The van der Waals surface area contributed by atoms with E-state index >= 15 is 0 Å². The summed E-state index contributed by atoms with van der Waals surface area (Å²) in [4.78, 5) is 21.4. The van der Waals surface area contributed by atoms with Gasteiger partial charge < -0.3 is 14.5 Å². The van der Waals surface area contributed by atoms with Crippen LogP contribution in [0, 0.1) is 6.92 Å². The minimum Gasteiger partial charge on any atom is -0.496 e. The summed E-state index contributed by atoms with van der Waals surface area (Å²) in [6.45, 7) is 5.11. The van der Waals surface area contributed by atoms with Crippen molar-refractivity contribution < 1.29 is 9.53 Å². The molecule has 6 heteroatoms. The van der Waals surface area contributed by atoms with Crippen molar-refractivity contribution in [2.45, 2.75) is 13.3 Å². The van der Waals surface area contributed by atoms with E-state index in [1.54, 1.807) is 25.3 Å². The molecule has 5 nitrogen and oxygen atoms in total. The van der Waals surface area contributed by atoms with Gasteiger partial charge in [-0.25, -0.2) is 0 Å². The minimum atomic E-state index is -0.0127. The summed E-state index contributed by atoms with van der Waals surface area (Å²) in [6, 6.07) is 9.24. The number of halogens is 1. The highest BCUT2D eigenvalue weighted by molar-refractivity contribution is 6.30. The van der Waals surface area contributed by atoms with E-state index in [4.69, 9.17) is 16.3 Å². The van der Waals surface area contributed by atoms with Gasteiger partial charge in [-0.1, -0.05) is 11.6 Å². The largest absolute Gasteiger partial charge is 0.496 e. The van der Waals surface area contributed by atoms with E-state index in [2.05, 4.69) is 16.0 Å². The molecule has 1 aromatic heterocycles. The van der Waals surface area contributed by atoms with Gasteiger partial charge in [-0.3, -0.25) is 9.78 Å². The first-order valence-electron chi connectivity index (χ1n) is 8.39. The van der Waals surface area contributed by atoms with E-state index in [1.807, 2.05) is 24.1 Å². The van der Waals surface area contributed by atoms with Gasteiger partial charge in [0.15, 0.2) is 0 Å². The molecule has 0 spiro atoms. The Balaban J connectivity index is 1.74. The van der Waals surface area contributed by atoms with E-state index < -0.39 is 0 Å². The molecule has 0 atom stereocenters. The van der Waals surface area contributed by atoms with Crippen molar-refractivity contribution in [1.82, 2.24) is 9.88 Å². The number of hydrogen-bond acceptors (Lipinski definition) is 4. The van der Waals surface area contributed by atoms with Gasteiger partial charge in [-0.05, 0) is 43.7 Å². The number of anilines is 1. The molecule has 2 heterocycles. The predicted octanol–water partition coefficient (Wildman–Crippen LogP) is 3.40. The Bertz CT molecular complexity index is 766. The number of carbonyl (C=O) groups excluding carboxylic acids is 1. The lowest BCUT2D eigenvalue weighted by molar-refractivity contribution is 0.0763. The van der Waals surface area contributed by atoms with Crippen LogP contribution in [-0.2, 0) is 0 Å². The second-order valence-electron chi connectivity index (χ2n) is 6.13. The Morgan fingerprint density at radius 3 is 2.76 bits per heavy atom. The molecule has 1 aliphatic rings. The van der Waals surface area contributed by atoms with Gasteiger partial charge in [-0.2, -0.15) is 0 Å². The molecular formula is C19H22ClN3O2. The minimum absolute atomic E-state index is 0.0127. The molecular weight excluding hydrogens is 338 g/mol. The third-order valence-corrected chi connectivity index (χ3v) is 4.66. The molecule has 2 aromatic rings. The Labute approximate surface area is 153 Å². The first-order chi connectivity index (χ1) is 12.1. The second kappa shape index (κ2) is 7.74. The normalized spacial score (nSPS) is 15.0. The second-order valence-corrected chi connectivity index (χ2v) is 6.57. The number of benzene rings is 1. The fraction of sp³-hybridized carbons (Fsp3) is 0.368. The summed E-state index contributed by atoms with van der Waals surface area (Å²) in [5, 5.41) is 0.559. The zero-order valence-corrected chi connectivity index (χ0v) is 15.3. The van der Waals surface area contributed by atoms with Gasteiger partial charge in [0.2, 0.25) is 0 Å². The molecule has 0 bridgehead atoms. The van der Waals surface area contributed by atoms with Crippen LogP contribution in [0.4, 0.5) is 5.69 Å². The third kappa shape index (κ3) is 4.04. The summed E-state index contributed by atoms with van der Waals surface area (Å²) in [7, 11) is 1.55. The predicted molar refractivity (Wildman–Crippen MR) is 99.7 cm³/mol. The summed E-state index contributed by atoms with van der Waals surface area (Å²) >= 11 is 6.00. The SMILES string of the molecule is COc1cc(Cl)ccc1C(=O)N1CCCN(c2ccnc(C)c2)CC1. The highest BCUT2D eigenvalue weighted by Crippen LogP contribution is 2.25. The van der Waals surface area contributed by atoms with Crippen molar-refractivity contribution in [2.75, 3.05) is 38.2 Å². The van der Waals surface area contributed by atoms with Crippen molar-refractivity contribution in [3.63, 3.8) is 0 Å². The van der Waals surface area contributed by atoms with Crippen molar-refractivity contribution in [3.8, 4) is 5.75 Å². The fourth-order valence-corrected chi connectivity index (χ4v) is 3.28. The van der Waals surface area contributed by atoms with Crippen LogP contribution in [0.25, 0.3) is 0 Å². The van der Waals surface area contributed by atoms with Crippen molar-refractivity contribution in [2.24, 2.45) is 0 Å². The molecule has 1 saturated heterocycles. The summed E-state index contributed by atoms with van der Waals surface area (Å²) in [6.07, 6.45) is 2.75. The maximum absolute atomic E-state index is 12.9. The molecule has 132 valence electrons. The van der Waals surface area contributed by atoms with Gasteiger partial charge in [0.25, 0.3) is 5.91 Å². The fourth-order valence-electron chi connectivity index (χ4n) is 3.12. The molecule has 25 heavy (non-hydrogen) atoms. The first-order valence-corrected chi connectivity index (χ1v) is 8.76. The standard InChI is InChI=1S/C19H22ClN3O2/c1-14-12-16(6-7-21-14)22-8-3-9-23(11-10-22)19(24)17-5-4-15(20)13-18(17)25-2/h4-7,12-13H,3,8-11H2,1-2H3. The number of amides is 1. The molecule has 1 aromatic carbocycles. The molecule has 1 aliphatic heterocycles. The maximum atomic E-state index is 12.9. The topological polar surface area (TPSA) is 45.7 Å². The number of rotatable bonds is 3. The van der Waals surface area contributed by atoms with Crippen LogP contribution in [0.5, 0.6) is 5.75 Å². The molecule has 0 saturated carbocycles. The Morgan fingerprint density at radius 1 is 1.16 bits per heavy atom. The third-order valence-electron chi connectivity index (χ3n) is 4.42. The van der Waals surface area contributed by atoms with E-state index in [1.165, 1.54) is 0 Å². The van der Waals surface area contributed by atoms with E-state index in [0.29, 0.717) is 22.9 Å². The summed E-state index contributed by atoms with van der Waals surface area (Å²) in [5.41, 5.74) is 2.71. The highest BCUT2D eigenvalue weighted by atomic mass is 35.5. The number of methoxy groups -OCH3 is 1. The number of aromatic nitrogens is 1. The zero-order chi connectivity index (χ0) is 17.8.